The van der Waals surface area contributed by atoms with Gasteiger partial charge < -0.3 is 5.32 Å². The van der Waals surface area contributed by atoms with Gasteiger partial charge >= 0.3 is 0 Å². The van der Waals surface area contributed by atoms with E-state index in [0.717, 1.165) is 5.56 Å². The maximum absolute atomic E-state index is 12.4. The summed E-state index contributed by atoms with van der Waals surface area (Å²) in [6, 6.07) is 14.7. The number of halogens is 1. The van der Waals surface area contributed by atoms with Gasteiger partial charge in [-0.15, -0.1) is 0 Å². The summed E-state index contributed by atoms with van der Waals surface area (Å²) in [5.74, 6) is -0.492. The highest BCUT2D eigenvalue weighted by atomic mass is 35.5. The molecule has 0 aliphatic carbocycles. The second-order valence-corrected chi connectivity index (χ2v) is 5.51. The molecule has 0 atom stereocenters. The van der Waals surface area contributed by atoms with Gasteiger partial charge in [-0.3, -0.25) is 9.20 Å². The third-order valence-corrected chi connectivity index (χ3v) is 3.84. The second kappa shape index (κ2) is 6.57. The molecule has 2 heterocycles. The number of nitriles is 1. The van der Waals surface area contributed by atoms with E-state index < -0.39 is 5.91 Å². The van der Waals surface area contributed by atoms with Gasteiger partial charge in [0, 0.05) is 11.9 Å². The number of anilines is 1. The summed E-state index contributed by atoms with van der Waals surface area (Å²) < 4.78 is 1.72. The SMILES string of the molecule is Cc1ccccc1NC(=O)C(C#N)=Cc1c(Cl)nc2ccccn12. The number of benzene rings is 1. The molecular weight excluding hydrogens is 324 g/mol. The lowest BCUT2D eigenvalue weighted by molar-refractivity contribution is -0.112. The highest BCUT2D eigenvalue weighted by molar-refractivity contribution is 6.31. The first-order valence-corrected chi connectivity index (χ1v) is 7.59. The molecule has 0 radical (unpaired) electrons. The Morgan fingerprint density at radius 2 is 2.04 bits per heavy atom. The first kappa shape index (κ1) is 15.8. The number of carbonyl (C=O) groups excluding carboxylic acids is 1. The Balaban J connectivity index is 1.97. The van der Waals surface area contributed by atoms with Gasteiger partial charge in [-0.05, 0) is 36.8 Å². The minimum Gasteiger partial charge on any atom is -0.321 e. The first-order chi connectivity index (χ1) is 11.6. The fourth-order valence-corrected chi connectivity index (χ4v) is 2.54. The zero-order chi connectivity index (χ0) is 17.1. The predicted octanol–water partition coefficient (Wildman–Crippen LogP) is 3.84. The van der Waals surface area contributed by atoms with Crippen molar-refractivity contribution in [3.05, 3.63) is 70.6 Å². The second-order valence-electron chi connectivity index (χ2n) is 5.16. The van der Waals surface area contributed by atoms with Crippen LogP contribution in [-0.4, -0.2) is 15.3 Å². The quantitative estimate of drug-likeness (QED) is 0.583. The van der Waals surface area contributed by atoms with Crippen molar-refractivity contribution in [2.45, 2.75) is 6.92 Å². The van der Waals surface area contributed by atoms with E-state index in [1.165, 1.54) is 6.08 Å². The number of hydrogen-bond acceptors (Lipinski definition) is 3. The molecule has 2 aromatic heterocycles. The maximum atomic E-state index is 12.4. The topological polar surface area (TPSA) is 70.2 Å². The molecule has 24 heavy (non-hydrogen) atoms. The van der Waals surface area contributed by atoms with Gasteiger partial charge in [0.05, 0.1) is 5.69 Å². The summed E-state index contributed by atoms with van der Waals surface area (Å²) in [6.07, 6.45) is 3.21. The number of aryl methyl sites for hydroxylation is 1. The van der Waals surface area contributed by atoms with Gasteiger partial charge in [0.2, 0.25) is 0 Å². The lowest BCUT2D eigenvalue weighted by atomic mass is 10.1. The van der Waals surface area contributed by atoms with Gasteiger partial charge in [0.15, 0.2) is 5.15 Å². The molecule has 6 heteroatoms. The summed E-state index contributed by atoms with van der Waals surface area (Å²) in [4.78, 5) is 16.6. The number of nitrogens with one attached hydrogen (secondary N) is 1. The average Bonchev–Trinajstić information content (AvgIpc) is 2.90. The molecule has 3 rings (SSSR count). The number of amides is 1. The van der Waals surface area contributed by atoms with E-state index in [4.69, 9.17) is 11.6 Å². The smallest absolute Gasteiger partial charge is 0.266 e. The number of fused-ring (bicyclic) bond motifs is 1. The van der Waals surface area contributed by atoms with Gasteiger partial charge in [-0.1, -0.05) is 35.9 Å². The number of nitrogens with zero attached hydrogens (tertiary/aromatic N) is 3. The van der Waals surface area contributed by atoms with Crippen LogP contribution < -0.4 is 5.32 Å². The van der Waals surface area contributed by atoms with Crippen molar-refractivity contribution in [3.63, 3.8) is 0 Å². The van der Waals surface area contributed by atoms with Crippen molar-refractivity contribution in [1.82, 2.24) is 9.38 Å². The molecule has 0 aliphatic heterocycles. The lowest BCUT2D eigenvalue weighted by Crippen LogP contribution is -2.14. The normalized spacial score (nSPS) is 11.3. The maximum Gasteiger partial charge on any atom is 0.266 e. The minimum absolute atomic E-state index is 0.0502. The highest BCUT2D eigenvalue weighted by Crippen LogP contribution is 2.21. The molecule has 1 aromatic carbocycles. The fraction of sp³-hybridized carbons (Fsp3) is 0.0556. The van der Waals surface area contributed by atoms with E-state index in [9.17, 15) is 10.1 Å². The lowest BCUT2D eigenvalue weighted by Gasteiger charge is -2.07. The predicted molar refractivity (Wildman–Crippen MR) is 93.6 cm³/mol. The Bertz CT molecular complexity index is 998. The van der Waals surface area contributed by atoms with Gasteiger partial charge in [0.1, 0.15) is 17.3 Å². The number of rotatable bonds is 3. The van der Waals surface area contributed by atoms with E-state index in [0.29, 0.717) is 17.0 Å². The number of carbonyl (C=O) groups is 1. The number of pyridine rings is 1. The van der Waals surface area contributed by atoms with Gasteiger partial charge in [-0.25, -0.2) is 4.98 Å². The molecule has 0 aliphatic rings. The van der Waals surface area contributed by atoms with E-state index in [-0.39, 0.29) is 10.7 Å². The van der Waals surface area contributed by atoms with Crippen LogP contribution in [0.5, 0.6) is 0 Å². The molecule has 1 N–H and O–H groups in total. The Kier molecular flexibility index (Phi) is 4.32. The Morgan fingerprint density at radius 1 is 1.29 bits per heavy atom. The molecule has 3 aromatic rings. The third kappa shape index (κ3) is 3.00. The van der Waals surface area contributed by atoms with Crippen LogP contribution in [0.15, 0.2) is 54.2 Å². The van der Waals surface area contributed by atoms with Crippen molar-refractivity contribution in [1.29, 1.82) is 5.26 Å². The van der Waals surface area contributed by atoms with Crippen molar-refractivity contribution >= 4 is 34.9 Å². The molecule has 0 fully saturated rings. The van der Waals surface area contributed by atoms with Crippen LogP contribution in [0.4, 0.5) is 5.69 Å². The molecule has 0 unspecified atom stereocenters. The Labute approximate surface area is 143 Å². The fourth-order valence-electron chi connectivity index (χ4n) is 2.30. The number of hydrogen-bond donors (Lipinski definition) is 1. The van der Waals surface area contributed by atoms with Crippen molar-refractivity contribution in [2.75, 3.05) is 5.32 Å². The molecule has 0 bridgehead atoms. The van der Waals surface area contributed by atoms with Crippen molar-refractivity contribution < 1.29 is 4.79 Å². The molecule has 0 saturated carbocycles. The number of aromatic nitrogens is 2. The van der Waals surface area contributed by atoms with Crippen LogP contribution >= 0.6 is 11.6 Å². The van der Waals surface area contributed by atoms with Crippen LogP contribution in [0.2, 0.25) is 5.15 Å². The van der Waals surface area contributed by atoms with Crippen LogP contribution in [0.1, 0.15) is 11.3 Å². The molecule has 5 nitrogen and oxygen atoms in total. The number of para-hydroxylation sites is 1. The monoisotopic (exact) mass is 336 g/mol. The number of imidazole rings is 1. The summed E-state index contributed by atoms with van der Waals surface area (Å²) in [5.41, 5.74) is 2.66. The standard InChI is InChI=1S/C18H13ClN4O/c1-12-6-2-3-7-14(12)21-18(24)13(11-20)10-15-17(19)22-16-8-4-5-9-23(15)16/h2-10H,1H3,(H,21,24). The summed E-state index contributed by atoms with van der Waals surface area (Å²) in [5, 5.41) is 12.3. The van der Waals surface area contributed by atoms with Crippen molar-refractivity contribution in [3.8, 4) is 6.07 Å². The van der Waals surface area contributed by atoms with Gasteiger partial charge in [-0.2, -0.15) is 5.26 Å². The van der Waals surface area contributed by atoms with Crippen LogP contribution in [0.3, 0.4) is 0 Å². The molecule has 118 valence electrons. The van der Waals surface area contributed by atoms with Crippen LogP contribution in [-0.2, 0) is 4.79 Å². The molecule has 1 amide bonds. The molecule has 0 saturated heterocycles. The van der Waals surface area contributed by atoms with E-state index in [2.05, 4.69) is 10.3 Å². The largest absolute Gasteiger partial charge is 0.321 e. The highest BCUT2D eigenvalue weighted by Gasteiger charge is 2.14. The molecular formula is C18H13ClN4O. The van der Waals surface area contributed by atoms with Crippen LogP contribution in [0.25, 0.3) is 11.7 Å². The molecule has 0 spiro atoms. The Hall–Kier alpha value is -3.10. The zero-order valence-electron chi connectivity index (χ0n) is 12.8. The minimum atomic E-state index is -0.492. The van der Waals surface area contributed by atoms with E-state index in [1.807, 2.05) is 43.3 Å². The van der Waals surface area contributed by atoms with Crippen LogP contribution in [0, 0.1) is 18.3 Å². The third-order valence-electron chi connectivity index (χ3n) is 3.56. The summed E-state index contributed by atoms with van der Waals surface area (Å²) in [6.45, 7) is 1.88. The summed E-state index contributed by atoms with van der Waals surface area (Å²) in [7, 11) is 0. The van der Waals surface area contributed by atoms with E-state index in [1.54, 1.807) is 22.7 Å². The average molecular weight is 337 g/mol. The Morgan fingerprint density at radius 3 is 2.79 bits per heavy atom. The van der Waals surface area contributed by atoms with Gasteiger partial charge in [0.25, 0.3) is 5.91 Å². The first-order valence-electron chi connectivity index (χ1n) is 7.21. The zero-order valence-corrected chi connectivity index (χ0v) is 13.6. The van der Waals surface area contributed by atoms with E-state index >= 15 is 0 Å². The van der Waals surface area contributed by atoms with Crippen molar-refractivity contribution in [2.24, 2.45) is 0 Å². The summed E-state index contributed by atoms with van der Waals surface area (Å²) >= 11 is 6.14.